The number of allylic oxidation sites excluding steroid dienone is 2. The Kier molecular flexibility index (Phi) is 5.02. The van der Waals surface area contributed by atoms with Crippen LogP contribution in [0.5, 0.6) is 0 Å². The van der Waals surface area contributed by atoms with Crippen molar-refractivity contribution in [1.29, 1.82) is 0 Å². The first-order valence-electron chi connectivity index (χ1n) is 11.0. The lowest BCUT2D eigenvalue weighted by atomic mass is 9.95. The van der Waals surface area contributed by atoms with E-state index in [-0.39, 0.29) is 24.5 Å². The molecule has 1 aromatic carbocycles. The summed E-state index contributed by atoms with van der Waals surface area (Å²) in [4.78, 5) is 35.9. The number of nitrogens with zero attached hydrogens (tertiary/aromatic N) is 4. The summed E-state index contributed by atoms with van der Waals surface area (Å²) in [5.41, 5.74) is 3.38. The summed E-state index contributed by atoms with van der Waals surface area (Å²) in [5.74, 6) is 0.0394. The van der Waals surface area contributed by atoms with E-state index in [1.54, 1.807) is 4.90 Å². The Morgan fingerprint density at radius 2 is 1.77 bits per heavy atom. The lowest BCUT2D eigenvalue weighted by molar-refractivity contribution is -0.140. The van der Waals surface area contributed by atoms with Gasteiger partial charge in [-0.3, -0.25) is 19.5 Å². The van der Waals surface area contributed by atoms with Gasteiger partial charge in [0.25, 0.3) is 5.91 Å². The molecule has 1 saturated carbocycles. The number of rotatable bonds is 4. The Morgan fingerprint density at radius 3 is 2.42 bits per heavy atom. The van der Waals surface area contributed by atoms with Gasteiger partial charge < -0.3 is 14.9 Å². The van der Waals surface area contributed by atoms with Crippen LogP contribution in [0, 0.1) is 5.41 Å². The van der Waals surface area contributed by atoms with Crippen LogP contribution in [0.4, 0.5) is 0 Å². The molecule has 2 amide bonds. The molecular weight excluding hydrogens is 392 g/mol. The van der Waals surface area contributed by atoms with Gasteiger partial charge in [-0.2, -0.15) is 0 Å². The third-order valence-electron chi connectivity index (χ3n) is 6.94. The van der Waals surface area contributed by atoms with Crippen LogP contribution in [0.1, 0.15) is 28.8 Å². The van der Waals surface area contributed by atoms with Crippen LogP contribution < -0.4 is 0 Å². The van der Waals surface area contributed by atoms with Crippen molar-refractivity contribution in [3.63, 3.8) is 0 Å². The number of aliphatic imine (C=N–C) groups is 1. The Morgan fingerprint density at radius 1 is 1.10 bits per heavy atom. The van der Waals surface area contributed by atoms with Gasteiger partial charge in [0.15, 0.2) is 0 Å². The van der Waals surface area contributed by atoms with Gasteiger partial charge in [-0.15, -0.1) is 0 Å². The first-order chi connectivity index (χ1) is 15.0. The molecule has 0 radical (unpaired) electrons. The minimum Gasteiger partial charge on any atom is -0.395 e. The number of benzene rings is 1. The second kappa shape index (κ2) is 7.73. The number of carbonyl (C=O) groups is 2. The number of hydrogen-bond acceptors (Lipinski definition) is 5. The van der Waals surface area contributed by atoms with Gasteiger partial charge in [0.2, 0.25) is 5.91 Å². The Hall–Kier alpha value is -2.77. The van der Waals surface area contributed by atoms with Crippen molar-refractivity contribution in [2.75, 3.05) is 46.5 Å². The normalized spacial score (nSPS) is 24.5. The van der Waals surface area contributed by atoms with Gasteiger partial charge in [0.1, 0.15) is 0 Å². The number of hydrogen-bond donors (Lipinski definition) is 1. The molecule has 7 heteroatoms. The smallest absolute Gasteiger partial charge is 0.253 e. The molecule has 0 spiro atoms. The molecule has 0 aromatic heterocycles. The number of aliphatic hydroxyl groups excluding tert-OH is 1. The summed E-state index contributed by atoms with van der Waals surface area (Å²) in [6.45, 7) is 2.75. The van der Waals surface area contributed by atoms with E-state index >= 15 is 0 Å². The number of amides is 2. The first kappa shape index (κ1) is 20.2. The molecule has 162 valence electrons. The second-order valence-electron chi connectivity index (χ2n) is 8.99. The van der Waals surface area contributed by atoms with E-state index in [2.05, 4.69) is 35.2 Å². The van der Waals surface area contributed by atoms with Crippen LogP contribution in [0.2, 0.25) is 0 Å². The minimum atomic E-state index is -0.538. The van der Waals surface area contributed by atoms with Crippen LogP contribution >= 0.6 is 0 Å². The van der Waals surface area contributed by atoms with Gasteiger partial charge in [0, 0.05) is 31.7 Å². The summed E-state index contributed by atoms with van der Waals surface area (Å²) >= 11 is 0. The van der Waals surface area contributed by atoms with Crippen molar-refractivity contribution in [2.45, 2.75) is 18.9 Å². The molecule has 5 rings (SSSR count). The average molecular weight is 421 g/mol. The average Bonchev–Trinajstić information content (AvgIpc) is 3.55. The highest BCUT2D eigenvalue weighted by molar-refractivity contribution is 6.09. The van der Waals surface area contributed by atoms with Crippen LogP contribution in [0.3, 0.4) is 0 Å². The third kappa shape index (κ3) is 3.62. The van der Waals surface area contributed by atoms with Crippen LogP contribution in [-0.4, -0.2) is 89.9 Å². The molecule has 1 atom stereocenters. The maximum Gasteiger partial charge on any atom is 0.253 e. The van der Waals surface area contributed by atoms with Gasteiger partial charge in [-0.1, -0.05) is 24.3 Å². The second-order valence-corrected chi connectivity index (χ2v) is 8.99. The van der Waals surface area contributed by atoms with E-state index in [1.807, 2.05) is 29.2 Å². The fraction of sp³-hybridized carbons (Fsp3) is 0.458. The van der Waals surface area contributed by atoms with Gasteiger partial charge in [0.05, 0.1) is 30.4 Å². The van der Waals surface area contributed by atoms with Crippen molar-refractivity contribution in [3.05, 3.63) is 53.6 Å². The molecule has 1 aromatic rings. The van der Waals surface area contributed by atoms with Crippen LogP contribution in [0.25, 0.3) is 5.57 Å². The maximum atomic E-state index is 12.9. The summed E-state index contributed by atoms with van der Waals surface area (Å²) in [6.07, 6.45) is 7.95. The summed E-state index contributed by atoms with van der Waals surface area (Å²) in [6, 6.07) is 8.00. The van der Waals surface area contributed by atoms with Crippen molar-refractivity contribution in [2.24, 2.45) is 10.4 Å². The summed E-state index contributed by atoms with van der Waals surface area (Å²) < 4.78 is 0. The Bertz CT molecular complexity index is 983. The first-order valence-corrected chi connectivity index (χ1v) is 11.0. The number of aliphatic hydroxyl groups is 1. The highest BCUT2D eigenvalue weighted by Gasteiger charge is 2.51. The molecule has 2 heterocycles. The van der Waals surface area contributed by atoms with E-state index in [9.17, 15) is 14.7 Å². The van der Waals surface area contributed by atoms with Crippen molar-refractivity contribution >= 4 is 23.1 Å². The number of carbonyl (C=O) groups excluding carboxylic acids is 2. The molecular formula is C24H28N4O3. The number of piperazine rings is 1. The van der Waals surface area contributed by atoms with Crippen molar-refractivity contribution in [3.8, 4) is 0 Å². The van der Waals surface area contributed by atoms with E-state index in [0.717, 1.165) is 36.4 Å². The Labute approximate surface area is 182 Å². The van der Waals surface area contributed by atoms with Gasteiger partial charge in [-0.05, 0) is 49.2 Å². The highest BCUT2D eigenvalue weighted by Crippen LogP contribution is 2.46. The van der Waals surface area contributed by atoms with Crippen LogP contribution in [-0.2, 0) is 4.79 Å². The molecule has 1 saturated heterocycles. The van der Waals surface area contributed by atoms with Crippen molar-refractivity contribution in [1.82, 2.24) is 14.7 Å². The highest BCUT2D eigenvalue weighted by atomic mass is 16.3. The number of likely N-dealkylation sites (N-methyl/N-ethyl adjacent to an activating group) is 1. The largest absolute Gasteiger partial charge is 0.395 e. The molecule has 0 bridgehead atoms. The van der Waals surface area contributed by atoms with Gasteiger partial charge >= 0.3 is 0 Å². The quantitative estimate of drug-likeness (QED) is 0.799. The molecule has 1 unspecified atom stereocenters. The zero-order valence-electron chi connectivity index (χ0n) is 17.8. The zero-order chi connectivity index (χ0) is 21.6. The summed E-state index contributed by atoms with van der Waals surface area (Å²) in [5, 5.41) is 9.49. The molecule has 31 heavy (non-hydrogen) atoms. The minimum absolute atomic E-state index is 0.00281. The lowest BCUT2D eigenvalue weighted by Crippen LogP contribution is -2.52. The SMILES string of the molecule is CN1CN=C2C=C(c3ccc(C(=O)N4CCN(C(=O)C5(CO)CC5)CC4)cc3)C=CC21. The molecule has 1 N–H and O–H groups in total. The monoisotopic (exact) mass is 420 g/mol. The Balaban J connectivity index is 1.21. The van der Waals surface area contributed by atoms with E-state index in [1.165, 1.54) is 0 Å². The third-order valence-corrected chi connectivity index (χ3v) is 6.94. The molecule has 2 fully saturated rings. The van der Waals surface area contributed by atoms with Gasteiger partial charge in [-0.25, -0.2) is 0 Å². The lowest BCUT2D eigenvalue weighted by Gasteiger charge is -2.36. The maximum absolute atomic E-state index is 12.9. The topological polar surface area (TPSA) is 76.5 Å². The fourth-order valence-electron chi connectivity index (χ4n) is 4.59. The predicted octanol–water partition coefficient (Wildman–Crippen LogP) is 1.41. The molecule has 2 aliphatic heterocycles. The van der Waals surface area contributed by atoms with E-state index in [0.29, 0.717) is 31.7 Å². The van der Waals surface area contributed by atoms with E-state index in [4.69, 9.17) is 0 Å². The van der Waals surface area contributed by atoms with E-state index < -0.39 is 5.41 Å². The zero-order valence-corrected chi connectivity index (χ0v) is 17.8. The predicted molar refractivity (Wildman–Crippen MR) is 119 cm³/mol. The molecule has 2 aliphatic carbocycles. The van der Waals surface area contributed by atoms with Crippen molar-refractivity contribution < 1.29 is 14.7 Å². The number of fused-ring (bicyclic) bond motifs is 1. The fourth-order valence-corrected chi connectivity index (χ4v) is 4.59. The molecule has 4 aliphatic rings. The molecule has 7 nitrogen and oxygen atoms in total. The van der Waals surface area contributed by atoms with Crippen LogP contribution in [0.15, 0.2) is 47.5 Å². The standard InChI is InChI=1S/C24H28N4O3/c1-26-16-25-20-14-19(6-7-21(20)26)17-2-4-18(5-3-17)22(30)27-10-12-28(13-11-27)23(31)24(15-29)8-9-24/h2-7,14,21,29H,8-13,15-16H2,1H3. The summed E-state index contributed by atoms with van der Waals surface area (Å²) in [7, 11) is 2.07.